The summed E-state index contributed by atoms with van der Waals surface area (Å²) in [6, 6.07) is 32.3. The molecule has 5 rings (SSSR count). The van der Waals surface area contributed by atoms with Crippen LogP contribution in [0, 0.1) is 0 Å². The number of esters is 1. The number of aryl methyl sites for hydroxylation is 1. The fraction of sp³-hybridized carbons (Fsp3) is 0.133. The third kappa shape index (κ3) is 5.25. The zero-order chi connectivity index (χ0) is 24.0. The first-order chi connectivity index (χ1) is 17.2. The average Bonchev–Trinajstić information content (AvgIpc) is 3.35. The third-order valence-electron chi connectivity index (χ3n) is 5.83. The number of carbonyl (C=O) groups excluding carboxylic acids is 1. The Morgan fingerprint density at radius 1 is 0.829 bits per heavy atom. The van der Waals surface area contributed by atoms with Crippen LogP contribution in [0.2, 0.25) is 0 Å². The Labute approximate surface area is 204 Å². The van der Waals surface area contributed by atoms with Crippen LogP contribution in [0.4, 0.5) is 0 Å². The highest BCUT2D eigenvalue weighted by Crippen LogP contribution is 2.34. The van der Waals surface area contributed by atoms with Crippen molar-refractivity contribution in [1.29, 1.82) is 0 Å². The van der Waals surface area contributed by atoms with Crippen molar-refractivity contribution in [2.75, 3.05) is 7.11 Å². The van der Waals surface area contributed by atoms with E-state index in [1.807, 2.05) is 66.7 Å². The first kappa shape index (κ1) is 22.4. The SMILES string of the molecule is COC(=O)CCc1nc(-c2ccc(OCc3ccc4ccccc4c3)cc2)c(-c2ccccc2)o1. The van der Waals surface area contributed by atoms with Crippen molar-refractivity contribution in [3.8, 4) is 28.3 Å². The van der Waals surface area contributed by atoms with E-state index < -0.39 is 0 Å². The number of aromatic nitrogens is 1. The smallest absolute Gasteiger partial charge is 0.306 e. The zero-order valence-corrected chi connectivity index (χ0v) is 19.4. The van der Waals surface area contributed by atoms with Crippen molar-refractivity contribution < 1.29 is 18.7 Å². The summed E-state index contributed by atoms with van der Waals surface area (Å²) in [6.45, 7) is 0.487. The van der Waals surface area contributed by atoms with Crippen molar-refractivity contribution in [1.82, 2.24) is 4.98 Å². The van der Waals surface area contributed by atoms with Gasteiger partial charge in [-0.2, -0.15) is 0 Å². The first-order valence-corrected chi connectivity index (χ1v) is 11.5. The largest absolute Gasteiger partial charge is 0.489 e. The van der Waals surface area contributed by atoms with E-state index in [0.717, 1.165) is 28.1 Å². The summed E-state index contributed by atoms with van der Waals surface area (Å²) in [5, 5.41) is 2.42. The lowest BCUT2D eigenvalue weighted by Gasteiger charge is -2.08. The number of hydrogen-bond donors (Lipinski definition) is 0. The molecule has 1 aromatic heterocycles. The van der Waals surface area contributed by atoms with Gasteiger partial charge < -0.3 is 13.9 Å². The van der Waals surface area contributed by atoms with E-state index in [4.69, 9.17) is 18.9 Å². The van der Waals surface area contributed by atoms with Gasteiger partial charge in [-0.15, -0.1) is 0 Å². The van der Waals surface area contributed by atoms with Crippen LogP contribution in [0.3, 0.4) is 0 Å². The molecule has 0 unspecified atom stereocenters. The number of rotatable bonds is 8. The van der Waals surface area contributed by atoms with Crippen molar-refractivity contribution in [2.45, 2.75) is 19.4 Å². The van der Waals surface area contributed by atoms with E-state index in [-0.39, 0.29) is 12.4 Å². The Morgan fingerprint density at radius 2 is 1.57 bits per heavy atom. The molecule has 0 saturated carbocycles. The lowest BCUT2D eigenvalue weighted by molar-refractivity contribution is -0.140. The van der Waals surface area contributed by atoms with Gasteiger partial charge >= 0.3 is 5.97 Å². The second kappa shape index (κ2) is 10.3. The number of methoxy groups -OCH3 is 1. The maximum Gasteiger partial charge on any atom is 0.306 e. The number of fused-ring (bicyclic) bond motifs is 1. The van der Waals surface area contributed by atoms with Crippen LogP contribution in [0.5, 0.6) is 5.75 Å². The molecule has 5 heteroatoms. The Hall–Kier alpha value is -4.38. The highest BCUT2D eigenvalue weighted by molar-refractivity contribution is 5.83. The molecule has 174 valence electrons. The molecule has 5 nitrogen and oxygen atoms in total. The van der Waals surface area contributed by atoms with Crippen molar-refractivity contribution in [3.05, 3.63) is 109 Å². The molecule has 0 aliphatic carbocycles. The molecule has 0 saturated heterocycles. The molecule has 0 fully saturated rings. The van der Waals surface area contributed by atoms with Crippen LogP contribution in [-0.4, -0.2) is 18.1 Å². The van der Waals surface area contributed by atoms with Crippen LogP contribution >= 0.6 is 0 Å². The fourth-order valence-corrected chi connectivity index (χ4v) is 3.97. The minimum Gasteiger partial charge on any atom is -0.489 e. The zero-order valence-electron chi connectivity index (χ0n) is 19.4. The Morgan fingerprint density at radius 3 is 2.34 bits per heavy atom. The summed E-state index contributed by atoms with van der Waals surface area (Å²) in [4.78, 5) is 16.3. The van der Waals surface area contributed by atoms with Crippen LogP contribution < -0.4 is 4.74 Å². The van der Waals surface area contributed by atoms with E-state index >= 15 is 0 Å². The Kier molecular flexibility index (Phi) is 6.57. The van der Waals surface area contributed by atoms with Gasteiger partial charge in [0.2, 0.25) is 0 Å². The summed E-state index contributed by atoms with van der Waals surface area (Å²) in [6.07, 6.45) is 0.589. The summed E-state index contributed by atoms with van der Waals surface area (Å²) >= 11 is 0. The van der Waals surface area contributed by atoms with Gasteiger partial charge in [-0.3, -0.25) is 4.79 Å². The van der Waals surface area contributed by atoms with Gasteiger partial charge in [0.05, 0.1) is 13.5 Å². The van der Waals surface area contributed by atoms with Crippen molar-refractivity contribution in [2.24, 2.45) is 0 Å². The van der Waals surface area contributed by atoms with Crippen LogP contribution in [0.15, 0.2) is 101 Å². The molecule has 35 heavy (non-hydrogen) atoms. The Balaban J connectivity index is 1.35. The molecule has 4 aromatic carbocycles. The minimum absolute atomic E-state index is 0.215. The summed E-state index contributed by atoms with van der Waals surface area (Å²) < 4.78 is 16.8. The van der Waals surface area contributed by atoms with E-state index in [2.05, 4.69) is 30.3 Å². The van der Waals surface area contributed by atoms with Crippen LogP contribution in [0.1, 0.15) is 17.9 Å². The number of oxazole rings is 1. The molecule has 0 aliphatic heterocycles. The summed E-state index contributed by atoms with van der Waals surface area (Å²) in [5.74, 6) is 1.66. The minimum atomic E-state index is -0.293. The molecule has 0 amide bonds. The van der Waals surface area contributed by atoms with E-state index in [1.165, 1.54) is 17.9 Å². The lowest BCUT2D eigenvalue weighted by Crippen LogP contribution is -2.01. The lowest BCUT2D eigenvalue weighted by atomic mass is 10.1. The monoisotopic (exact) mass is 463 g/mol. The quantitative estimate of drug-likeness (QED) is 0.236. The van der Waals surface area contributed by atoms with Crippen LogP contribution in [0.25, 0.3) is 33.4 Å². The van der Waals surface area contributed by atoms with Gasteiger partial charge in [0, 0.05) is 17.5 Å². The molecular weight excluding hydrogens is 438 g/mol. The van der Waals surface area contributed by atoms with Gasteiger partial charge in [-0.25, -0.2) is 4.98 Å². The third-order valence-corrected chi connectivity index (χ3v) is 5.83. The molecule has 0 bridgehead atoms. The van der Waals surface area contributed by atoms with Gasteiger partial charge in [0.25, 0.3) is 0 Å². The maximum atomic E-state index is 11.6. The number of carbonyl (C=O) groups is 1. The topological polar surface area (TPSA) is 61.6 Å². The van der Waals surface area contributed by atoms with Crippen molar-refractivity contribution in [3.63, 3.8) is 0 Å². The highest BCUT2D eigenvalue weighted by Gasteiger charge is 2.18. The average molecular weight is 464 g/mol. The summed E-state index contributed by atoms with van der Waals surface area (Å²) in [7, 11) is 1.38. The number of ether oxygens (including phenoxy) is 2. The first-order valence-electron chi connectivity index (χ1n) is 11.5. The maximum absolute atomic E-state index is 11.6. The second-order valence-corrected chi connectivity index (χ2v) is 8.22. The van der Waals surface area contributed by atoms with Crippen LogP contribution in [-0.2, 0) is 22.6 Å². The highest BCUT2D eigenvalue weighted by atomic mass is 16.5. The van der Waals surface area contributed by atoms with Gasteiger partial charge in [-0.05, 0) is 46.7 Å². The fourth-order valence-electron chi connectivity index (χ4n) is 3.97. The van der Waals surface area contributed by atoms with Gasteiger partial charge in [0.1, 0.15) is 18.1 Å². The standard InChI is InChI=1S/C30H25NO4/c1-33-28(32)18-17-27-31-29(30(35-27)24-8-3-2-4-9-24)23-13-15-26(16-14-23)34-20-21-11-12-22-7-5-6-10-25(22)19-21/h2-16,19H,17-18,20H2,1H3. The van der Waals surface area contributed by atoms with Gasteiger partial charge in [-0.1, -0.05) is 66.7 Å². The Bertz CT molecular complexity index is 1440. The molecule has 5 aromatic rings. The van der Waals surface area contributed by atoms with E-state index in [0.29, 0.717) is 24.7 Å². The molecular formula is C30H25NO4. The molecule has 0 radical (unpaired) electrons. The predicted molar refractivity (Wildman–Crippen MR) is 136 cm³/mol. The molecule has 0 N–H and O–H groups in total. The predicted octanol–water partition coefficient (Wildman–Crippen LogP) is 6.85. The van der Waals surface area contributed by atoms with E-state index in [9.17, 15) is 4.79 Å². The molecule has 0 aliphatic rings. The molecule has 0 spiro atoms. The molecule has 0 atom stereocenters. The number of hydrogen-bond acceptors (Lipinski definition) is 5. The number of benzene rings is 4. The van der Waals surface area contributed by atoms with E-state index in [1.54, 1.807) is 0 Å². The number of nitrogens with zero attached hydrogens (tertiary/aromatic N) is 1. The van der Waals surface area contributed by atoms with Gasteiger partial charge in [0.15, 0.2) is 11.7 Å². The normalized spacial score (nSPS) is 10.9. The second-order valence-electron chi connectivity index (χ2n) is 8.22. The van der Waals surface area contributed by atoms with Crippen molar-refractivity contribution >= 4 is 16.7 Å². The summed E-state index contributed by atoms with van der Waals surface area (Å²) in [5.41, 5.74) is 3.69. The molecule has 1 heterocycles.